The molecular weight excluding hydrogens is 224 g/mol. The van der Waals surface area contributed by atoms with Crippen molar-refractivity contribution >= 4 is 11.5 Å². The fourth-order valence-electron chi connectivity index (χ4n) is 2.18. The number of carbonyl (C=O) groups is 1. The molecule has 2 N–H and O–H groups in total. The first kappa shape index (κ1) is 12.8. The Morgan fingerprint density at radius 1 is 1.28 bits per heavy atom. The molecule has 0 spiro atoms. The zero-order chi connectivity index (χ0) is 13.2. The van der Waals surface area contributed by atoms with E-state index in [0.717, 1.165) is 13.0 Å². The van der Waals surface area contributed by atoms with Crippen LogP contribution >= 0.6 is 0 Å². The van der Waals surface area contributed by atoms with Gasteiger partial charge in [-0.3, -0.25) is 4.79 Å². The summed E-state index contributed by atoms with van der Waals surface area (Å²) in [7, 11) is 0. The molecule has 0 aromatic heterocycles. The van der Waals surface area contributed by atoms with Gasteiger partial charge in [0.05, 0.1) is 5.54 Å². The molecule has 1 aliphatic rings. The number of hydrogen-bond acceptors (Lipinski definition) is 2. The minimum Gasteiger partial charge on any atom is -0.337 e. The largest absolute Gasteiger partial charge is 0.337 e. The van der Waals surface area contributed by atoms with Crippen LogP contribution in [0.15, 0.2) is 36.4 Å². The Morgan fingerprint density at radius 3 is 2.44 bits per heavy atom. The molecular formula is C15H20N2O. The van der Waals surface area contributed by atoms with Gasteiger partial charge in [-0.2, -0.15) is 0 Å². The molecule has 1 aromatic rings. The van der Waals surface area contributed by atoms with E-state index in [1.807, 2.05) is 23.1 Å². The summed E-state index contributed by atoms with van der Waals surface area (Å²) in [4.78, 5) is 13.9. The van der Waals surface area contributed by atoms with Crippen LogP contribution in [0.2, 0.25) is 0 Å². The summed E-state index contributed by atoms with van der Waals surface area (Å²) in [6, 6.07) is 10.3. The van der Waals surface area contributed by atoms with Crippen molar-refractivity contribution in [2.45, 2.75) is 25.8 Å². The van der Waals surface area contributed by atoms with Gasteiger partial charge in [0.15, 0.2) is 0 Å². The summed E-state index contributed by atoms with van der Waals surface area (Å²) >= 11 is 0. The van der Waals surface area contributed by atoms with Crippen molar-refractivity contribution in [1.29, 1.82) is 0 Å². The summed E-state index contributed by atoms with van der Waals surface area (Å²) in [5.74, 6) is 0.0193. The summed E-state index contributed by atoms with van der Waals surface area (Å²) in [5.41, 5.74) is 7.63. The van der Waals surface area contributed by atoms with Gasteiger partial charge in [-0.1, -0.05) is 36.4 Å². The van der Waals surface area contributed by atoms with Gasteiger partial charge in [-0.25, -0.2) is 0 Å². The second kappa shape index (κ2) is 4.94. The lowest BCUT2D eigenvalue weighted by Gasteiger charge is -2.31. The molecule has 0 bridgehead atoms. The predicted molar refractivity (Wildman–Crippen MR) is 73.9 cm³/mol. The van der Waals surface area contributed by atoms with Crippen LogP contribution in [0.1, 0.15) is 25.8 Å². The Labute approximate surface area is 108 Å². The van der Waals surface area contributed by atoms with Gasteiger partial charge in [0, 0.05) is 13.1 Å². The van der Waals surface area contributed by atoms with E-state index in [-0.39, 0.29) is 5.91 Å². The van der Waals surface area contributed by atoms with Gasteiger partial charge in [0.25, 0.3) is 0 Å². The van der Waals surface area contributed by atoms with E-state index in [0.29, 0.717) is 6.54 Å². The Balaban J connectivity index is 2.07. The first-order valence-corrected chi connectivity index (χ1v) is 6.31. The lowest BCUT2D eigenvalue weighted by molar-refractivity contribution is -0.135. The number of amides is 1. The van der Waals surface area contributed by atoms with Crippen molar-refractivity contribution in [1.82, 2.24) is 4.90 Å². The average Bonchev–Trinajstić information content (AvgIpc) is 2.38. The second-order valence-electron chi connectivity index (χ2n) is 5.32. The maximum absolute atomic E-state index is 12.0. The maximum Gasteiger partial charge on any atom is 0.242 e. The Morgan fingerprint density at radius 2 is 1.94 bits per heavy atom. The molecule has 0 fully saturated rings. The van der Waals surface area contributed by atoms with Crippen molar-refractivity contribution in [2.24, 2.45) is 5.73 Å². The van der Waals surface area contributed by atoms with Crippen molar-refractivity contribution < 1.29 is 4.79 Å². The number of nitrogens with zero attached hydrogens (tertiary/aromatic N) is 1. The third kappa shape index (κ3) is 2.79. The van der Waals surface area contributed by atoms with Gasteiger partial charge in [-0.15, -0.1) is 0 Å². The Kier molecular flexibility index (Phi) is 3.53. The van der Waals surface area contributed by atoms with E-state index in [1.165, 1.54) is 11.1 Å². The zero-order valence-corrected chi connectivity index (χ0v) is 11.0. The fraction of sp³-hybridized carbons (Fsp3) is 0.400. The molecule has 1 aromatic carbocycles. The predicted octanol–water partition coefficient (Wildman–Crippen LogP) is 2.04. The zero-order valence-electron chi connectivity index (χ0n) is 11.0. The smallest absolute Gasteiger partial charge is 0.242 e. The van der Waals surface area contributed by atoms with Crippen LogP contribution in [0.4, 0.5) is 0 Å². The van der Waals surface area contributed by atoms with Gasteiger partial charge in [0.1, 0.15) is 0 Å². The molecule has 3 heteroatoms. The van der Waals surface area contributed by atoms with Crippen LogP contribution in [0.25, 0.3) is 5.57 Å². The van der Waals surface area contributed by atoms with E-state index in [4.69, 9.17) is 5.73 Å². The summed E-state index contributed by atoms with van der Waals surface area (Å²) < 4.78 is 0. The SMILES string of the molecule is CC(C)(N)C(=O)N1CC=C(c2ccccc2)CC1. The maximum atomic E-state index is 12.0. The fourth-order valence-corrected chi connectivity index (χ4v) is 2.18. The van der Waals surface area contributed by atoms with Crippen molar-refractivity contribution in [3.05, 3.63) is 42.0 Å². The van der Waals surface area contributed by atoms with E-state index in [1.54, 1.807) is 13.8 Å². The van der Waals surface area contributed by atoms with Gasteiger partial charge < -0.3 is 10.6 Å². The van der Waals surface area contributed by atoms with Crippen molar-refractivity contribution in [2.75, 3.05) is 13.1 Å². The second-order valence-corrected chi connectivity index (χ2v) is 5.32. The summed E-state index contributed by atoms with van der Waals surface area (Å²) in [6.45, 7) is 4.92. The molecule has 0 saturated heterocycles. The molecule has 1 heterocycles. The van der Waals surface area contributed by atoms with Crippen LogP contribution in [0.3, 0.4) is 0 Å². The number of rotatable bonds is 2. The standard InChI is InChI=1S/C15H20N2O/c1-15(2,16)14(18)17-10-8-13(9-11-17)12-6-4-3-5-7-12/h3-8H,9-11,16H2,1-2H3. The Bertz CT molecular complexity index is 457. The van der Waals surface area contributed by atoms with E-state index in [9.17, 15) is 4.79 Å². The highest BCUT2D eigenvalue weighted by Crippen LogP contribution is 2.22. The first-order valence-electron chi connectivity index (χ1n) is 6.31. The molecule has 1 aliphatic heterocycles. The van der Waals surface area contributed by atoms with Crippen LogP contribution in [-0.2, 0) is 4.79 Å². The number of nitrogens with two attached hydrogens (primary N) is 1. The molecule has 0 atom stereocenters. The summed E-state index contributed by atoms with van der Waals surface area (Å²) in [5, 5.41) is 0. The number of benzene rings is 1. The van der Waals surface area contributed by atoms with Crippen LogP contribution in [-0.4, -0.2) is 29.4 Å². The van der Waals surface area contributed by atoms with E-state index in [2.05, 4.69) is 18.2 Å². The summed E-state index contributed by atoms with van der Waals surface area (Å²) in [6.07, 6.45) is 3.02. The number of hydrogen-bond donors (Lipinski definition) is 1. The number of carbonyl (C=O) groups excluding carboxylic acids is 1. The minimum absolute atomic E-state index is 0.0193. The van der Waals surface area contributed by atoms with E-state index >= 15 is 0 Å². The molecule has 1 amide bonds. The molecule has 0 saturated carbocycles. The Hall–Kier alpha value is -1.61. The minimum atomic E-state index is -0.780. The third-order valence-electron chi connectivity index (χ3n) is 3.19. The van der Waals surface area contributed by atoms with Gasteiger partial charge >= 0.3 is 0 Å². The molecule has 2 rings (SSSR count). The van der Waals surface area contributed by atoms with E-state index < -0.39 is 5.54 Å². The van der Waals surface area contributed by atoms with Crippen LogP contribution in [0.5, 0.6) is 0 Å². The molecule has 0 aliphatic carbocycles. The van der Waals surface area contributed by atoms with Crippen LogP contribution < -0.4 is 5.73 Å². The van der Waals surface area contributed by atoms with Crippen molar-refractivity contribution in [3.63, 3.8) is 0 Å². The highest BCUT2D eigenvalue weighted by molar-refractivity contribution is 5.86. The quantitative estimate of drug-likeness (QED) is 0.865. The molecule has 0 unspecified atom stereocenters. The highest BCUT2D eigenvalue weighted by atomic mass is 16.2. The third-order valence-corrected chi connectivity index (χ3v) is 3.19. The topological polar surface area (TPSA) is 46.3 Å². The first-order chi connectivity index (χ1) is 8.48. The lowest BCUT2D eigenvalue weighted by atomic mass is 9.98. The monoisotopic (exact) mass is 244 g/mol. The van der Waals surface area contributed by atoms with Crippen molar-refractivity contribution in [3.8, 4) is 0 Å². The normalized spacial score (nSPS) is 16.4. The average molecular weight is 244 g/mol. The molecule has 96 valence electrons. The molecule has 18 heavy (non-hydrogen) atoms. The van der Waals surface area contributed by atoms with Crippen LogP contribution in [0, 0.1) is 0 Å². The van der Waals surface area contributed by atoms with Gasteiger partial charge in [0.2, 0.25) is 5.91 Å². The van der Waals surface area contributed by atoms with Gasteiger partial charge in [-0.05, 0) is 31.4 Å². The lowest BCUT2D eigenvalue weighted by Crippen LogP contribution is -2.52. The molecule has 0 radical (unpaired) electrons. The molecule has 3 nitrogen and oxygen atoms in total. The highest BCUT2D eigenvalue weighted by Gasteiger charge is 2.28.